The van der Waals surface area contributed by atoms with Crippen LogP contribution in [0, 0.1) is 5.92 Å². The summed E-state index contributed by atoms with van der Waals surface area (Å²) in [6, 6.07) is 23.4. The highest BCUT2D eigenvalue weighted by molar-refractivity contribution is 5.98. The van der Waals surface area contributed by atoms with Crippen LogP contribution in [0.5, 0.6) is 11.5 Å². The molecular weight excluding hydrogens is 438 g/mol. The average molecular weight is 470 g/mol. The molecule has 1 aliphatic rings. The molecule has 0 spiro atoms. The van der Waals surface area contributed by atoms with Gasteiger partial charge < -0.3 is 19.2 Å². The third kappa shape index (κ3) is 6.18. The Morgan fingerprint density at radius 3 is 1.89 bits per heavy atom. The maximum absolute atomic E-state index is 13.6. The second-order valence-electron chi connectivity index (χ2n) is 8.94. The lowest BCUT2D eigenvalue weighted by molar-refractivity contribution is -0.112. The van der Waals surface area contributed by atoms with Crippen molar-refractivity contribution in [1.29, 1.82) is 0 Å². The first-order valence-corrected chi connectivity index (χ1v) is 12.0. The van der Waals surface area contributed by atoms with E-state index < -0.39 is 0 Å². The summed E-state index contributed by atoms with van der Waals surface area (Å²) < 4.78 is 12.4. The van der Waals surface area contributed by atoms with Crippen molar-refractivity contribution < 1.29 is 19.1 Å². The van der Waals surface area contributed by atoms with Gasteiger partial charge in [0.2, 0.25) is 0 Å². The van der Waals surface area contributed by atoms with Crippen LogP contribution in [0.4, 0.5) is 0 Å². The van der Waals surface area contributed by atoms with E-state index in [4.69, 9.17) is 9.47 Å². The number of hydrogen-bond donors (Lipinski definition) is 0. The highest BCUT2D eigenvalue weighted by Crippen LogP contribution is 2.35. The molecule has 35 heavy (non-hydrogen) atoms. The molecule has 0 unspecified atom stereocenters. The molecule has 0 saturated carbocycles. The van der Waals surface area contributed by atoms with E-state index in [0.717, 1.165) is 28.5 Å². The maximum Gasteiger partial charge on any atom is 0.257 e. The van der Waals surface area contributed by atoms with Crippen LogP contribution in [-0.4, -0.2) is 30.2 Å². The van der Waals surface area contributed by atoms with Crippen LogP contribution in [-0.2, 0) is 18.0 Å². The molecule has 1 fully saturated rings. The summed E-state index contributed by atoms with van der Waals surface area (Å²) >= 11 is 0. The summed E-state index contributed by atoms with van der Waals surface area (Å²) in [5, 5.41) is 0. The minimum absolute atomic E-state index is 0.0209. The Bertz CT molecular complexity index is 1170. The molecule has 0 atom stereocenters. The quantitative estimate of drug-likeness (QED) is 0.365. The third-order valence-corrected chi connectivity index (χ3v) is 6.27. The highest BCUT2D eigenvalue weighted by Gasteiger charge is 2.27. The molecule has 5 nitrogen and oxygen atoms in total. The zero-order valence-electron chi connectivity index (χ0n) is 20.1. The number of hydrogen-bond acceptors (Lipinski definition) is 4. The van der Waals surface area contributed by atoms with E-state index in [2.05, 4.69) is 6.58 Å². The summed E-state index contributed by atoms with van der Waals surface area (Å²) in [7, 11) is 0. The molecule has 0 radical (unpaired) electrons. The molecule has 0 aliphatic carbocycles. The van der Waals surface area contributed by atoms with Gasteiger partial charge in [0.25, 0.3) is 5.91 Å². The lowest BCUT2D eigenvalue weighted by atomic mass is 9.97. The average Bonchev–Trinajstić information content (AvgIpc) is 2.91. The van der Waals surface area contributed by atoms with E-state index in [1.54, 1.807) is 11.0 Å². The molecule has 1 saturated heterocycles. The fraction of sp³-hybridized carbons (Fsp3) is 0.267. The minimum Gasteiger partial charge on any atom is -0.488 e. The van der Waals surface area contributed by atoms with E-state index in [0.29, 0.717) is 56.2 Å². The Morgan fingerprint density at radius 1 is 0.886 bits per heavy atom. The Balaban J connectivity index is 1.65. The van der Waals surface area contributed by atoms with Gasteiger partial charge in [-0.05, 0) is 42.5 Å². The summed E-state index contributed by atoms with van der Waals surface area (Å²) in [6.07, 6.45) is 2.36. The van der Waals surface area contributed by atoms with Crippen molar-refractivity contribution in [3.8, 4) is 11.5 Å². The topological polar surface area (TPSA) is 55.8 Å². The van der Waals surface area contributed by atoms with Gasteiger partial charge in [0, 0.05) is 30.6 Å². The number of ether oxygens (including phenoxy) is 2. The van der Waals surface area contributed by atoms with Gasteiger partial charge in [-0.1, -0.05) is 67.2 Å². The standard InChI is InChI=1S/C30H31NO4/c1-22(2)26-17-27(30(33)31-15-13-23(19-32)14-16-31)29(35-21-25-11-7-4-8-12-25)18-28(26)34-20-24-9-5-3-6-10-24/h3-12,17-19,23H,1,13-16,20-21H2,2H3. The lowest BCUT2D eigenvalue weighted by Crippen LogP contribution is -2.39. The van der Waals surface area contributed by atoms with Gasteiger partial charge >= 0.3 is 0 Å². The number of rotatable bonds is 9. The van der Waals surface area contributed by atoms with E-state index in [1.165, 1.54) is 0 Å². The largest absolute Gasteiger partial charge is 0.488 e. The van der Waals surface area contributed by atoms with Gasteiger partial charge in [-0.3, -0.25) is 4.79 Å². The van der Waals surface area contributed by atoms with Crippen molar-refractivity contribution >= 4 is 17.8 Å². The first kappa shape index (κ1) is 24.3. The zero-order chi connectivity index (χ0) is 24.6. The third-order valence-electron chi connectivity index (χ3n) is 6.27. The van der Waals surface area contributed by atoms with Gasteiger partial charge in [0.15, 0.2) is 0 Å². The van der Waals surface area contributed by atoms with E-state index in [9.17, 15) is 9.59 Å². The van der Waals surface area contributed by atoms with Crippen molar-refractivity contribution in [2.45, 2.75) is 33.0 Å². The smallest absolute Gasteiger partial charge is 0.257 e. The monoisotopic (exact) mass is 469 g/mol. The van der Waals surface area contributed by atoms with Crippen LogP contribution < -0.4 is 9.47 Å². The summed E-state index contributed by atoms with van der Waals surface area (Å²) in [5.74, 6) is 1.02. The van der Waals surface area contributed by atoms with E-state index >= 15 is 0 Å². The van der Waals surface area contributed by atoms with Crippen LogP contribution in [0.3, 0.4) is 0 Å². The number of benzene rings is 3. The number of nitrogens with zero attached hydrogens (tertiary/aromatic N) is 1. The van der Waals surface area contributed by atoms with Crippen LogP contribution in [0.1, 0.15) is 46.8 Å². The number of aldehydes is 1. The summed E-state index contributed by atoms with van der Waals surface area (Å²) in [5.41, 5.74) is 4.12. The molecule has 3 aromatic carbocycles. The number of carbonyl (C=O) groups excluding carboxylic acids is 2. The van der Waals surface area contributed by atoms with Crippen molar-refractivity contribution in [2.75, 3.05) is 13.1 Å². The SMILES string of the molecule is C=C(C)c1cc(C(=O)N2CCC(C=O)CC2)c(OCc2ccccc2)cc1OCc1ccccc1. The molecule has 0 bridgehead atoms. The first-order valence-electron chi connectivity index (χ1n) is 12.0. The fourth-order valence-corrected chi connectivity index (χ4v) is 4.18. The fourth-order valence-electron chi connectivity index (χ4n) is 4.18. The van der Waals surface area contributed by atoms with Crippen molar-refractivity contribution in [1.82, 2.24) is 4.90 Å². The van der Waals surface area contributed by atoms with Crippen molar-refractivity contribution in [3.05, 3.63) is 102 Å². The minimum atomic E-state index is -0.102. The van der Waals surface area contributed by atoms with Crippen LogP contribution in [0.2, 0.25) is 0 Å². The van der Waals surface area contributed by atoms with Crippen LogP contribution in [0.15, 0.2) is 79.4 Å². The van der Waals surface area contributed by atoms with Gasteiger partial charge in [-0.15, -0.1) is 0 Å². The summed E-state index contributed by atoms with van der Waals surface area (Å²) in [6.45, 7) is 7.84. The van der Waals surface area contributed by atoms with Crippen LogP contribution in [0.25, 0.3) is 5.57 Å². The van der Waals surface area contributed by atoms with Gasteiger partial charge in [0.1, 0.15) is 31.0 Å². The zero-order valence-corrected chi connectivity index (χ0v) is 20.1. The van der Waals surface area contributed by atoms with Crippen LogP contribution >= 0.6 is 0 Å². The summed E-state index contributed by atoms with van der Waals surface area (Å²) in [4.78, 5) is 26.5. The molecule has 3 aromatic rings. The number of likely N-dealkylation sites (tertiary alicyclic amines) is 1. The maximum atomic E-state index is 13.6. The lowest BCUT2D eigenvalue weighted by Gasteiger charge is -2.30. The molecular formula is C30H31NO4. The molecule has 1 aliphatic heterocycles. The second kappa shape index (κ2) is 11.5. The predicted octanol–water partition coefficient (Wildman–Crippen LogP) is 5.93. The number of carbonyl (C=O) groups is 2. The van der Waals surface area contributed by atoms with Crippen molar-refractivity contribution in [3.63, 3.8) is 0 Å². The number of amides is 1. The molecule has 5 heteroatoms. The van der Waals surface area contributed by atoms with Gasteiger partial charge in [0.05, 0.1) is 5.56 Å². The predicted molar refractivity (Wildman–Crippen MR) is 137 cm³/mol. The molecule has 0 aromatic heterocycles. The molecule has 180 valence electrons. The van der Waals surface area contributed by atoms with Crippen molar-refractivity contribution in [2.24, 2.45) is 5.92 Å². The van der Waals surface area contributed by atoms with E-state index in [1.807, 2.05) is 73.7 Å². The molecule has 1 amide bonds. The first-order chi connectivity index (χ1) is 17.0. The molecule has 1 heterocycles. The van der Waals surface area contributed by atoms with Gasteiger partial charge in [-0.25, -0.2) is 0 Å². The van der Waals surface area contributed by atoms with Gasteiger partial charge in [-0.2, -0.15) is 0 Å². The highest BCUT2D eigenvalue weighted by atomic mass is 16.5. The normalized spacial score (nSPS) is 13.8. The Morgan fingerprint density at radius 2 is 1.40 bits per heavy atom. The Hall–Kier alpha value is -3.86. The number of piperidine rings is 1. The second-order valence-corrected chi connectivity index (χ2v) is 8.94. The Kier molecular flexibility index (Phi) is 7.99. The molecule has 0 N–H and O–H groups in total. The molecule has 4 rings (SSSR count). The van der Waals surface area contributed by atoms with E-state index in [-0.39, 0.29) is 11.8 Å². The number of allylic oxidation sites excluding steroid dienone is 1. The Labute approximate surface area is 207 Å².